The van der Waals surface area contributed by atoms with Gasteiger partial charge in [-0.15, -0.1) is 0 Å². The van der Waals surface area contributed by atoms with E-state index in [0.29, 0.717) is 35.1 Å². The van der Waals surface area contributed by atoms with Crippen LogP contribution in [-0.2, 0) is 22.6 Å². The molecule has 0 aliphatic carbocycles. The molecule has 5 rings (SSSR count). The summed E-state index contributed by atoms with van der Waals surface area (Å²) < 4.78 is 22.4. The van der Waals surface area contributed by atoms with Gasteiger partial charge < -0.3 is 33.7 Å². The van der Waals surface area contributed by atoms with Gasteiger partial charge in [-0.05, 0) is 67.8 Å². The number of ether oxygens (including phenoxy) is 3. The Morgan fingerprint density at radius 1 is 1.05 bits per heavy atom. The van der Waals surface area contributed by atoms with Crippen LogP contribution in [0.1, 0.15) is 35.5 Å². The predicted octanol–water partition coefficient (Wildman–Crippen LogP) is 4.43. The van der Waals surface area contributed by atoms with Crippen molar-refractivity contribution < 1.29 is 28.2 Å². The van der Waals surface area contributed by atoms with Crippen LogP contribution in [0, 0.1) is 18.3 Å². The highest BCUT2D eigenvalue weighted by molar-refractivity contribution is 5.92. The third-order valence-electron chi connectivity index (χ3n) is 6.61. The quantitative estimate of drug-likeness (QED) is 0.435. The summed E-state index contributed by atoms with van der Waals surface area (Å²) in [6.07, 6.45) is 1.57. The molecule has 0 bridgehead atoms. The number of urea groups is 1. The molecule has 10 heteroatoms. The molecule has 202 valence electrons. The maximum absolute atomic E-state index is 13.8. The first-order valence-corrected chi connectivity index (χ1v) is 12.9. The van der Waals surface area contributed by atoms with Gasteiger partial charge in [0.25, 0.3) is 0 Å². The van der Waals surface area contributed by atoms with E-state index in [1.54, 1.807) is 29.2 Å². The van der Waals surface area contributed by atoms with Gasteiger partial charge in [-0.1, -0.05) is 12.1 Å². The molecule has 0 spiro atoms. The molecule has 0 unspecified atom stereocenters. The van der Waals surface area contributed by atoms with Crippen molar-refractivity contribution >= 4 is 17.6 Å². The van der Waals surface area contributed by atoms with E-state index in [4.69, 9.17) is 18.6 Å². The lowest BCUT2D eigenvalue weighted by Gasteiger charge is -2.29. The average Bonchev–Trinajstić information content (AvgIpc) is 3.70. The van der Waals surface area contributed by atoms with Crippen molar-refractivity contribution in [1.82, 2.24) is 9.80 Å². The van der Waals surface area contributed by atoms with Crippen molar-refractivity contribution in [3.63, 3.8) is 0 Å². The molecule has 0 saturated carbocycles. The molecular formula is C29H30N4O6. The maximum Gasteiger partial charge on any atom is 0.322 e. The predicted molar refractivity (Wildman–Crippen MR) is 141 cm³/mol. The van der Waals surface area contributed by atoms with Gasteiger partial charge in [0.05, 0.1) is 24.3 Å². The molecule has 2 aliphatic heterocycles. The molecule has 39 heavy (non-hydrogen) atoms. The molecule has 1 aromatic heterocycles. The number of carbonyl (C=O) groups excluding carboxylic acids is 2. The number of nitrogens with one attached hydrogen (secondary N) is 1. The van der Waals surface area contributed by atoms with Gasteiger partial charge in [0, 0.05) is 25.4 Å². The molecule has 3 amide bonds. The minimum absolute atomic E-state index is 0.149. The van der Waals surface area contributed by atoms with Crippen molar-refractivity contribution in [3.05, 3.63) is 77.2 Å². The first-order valence-electron chi connectivity index (χ1n) is 12.9. The van der Waals surface area contributed by atoms with Crippen LogP contribution in [0.3, 0.4) is 0 Å². The maximum atomic E-state index is 13.8. The van der Waals surface area contributed by atoms with Crippen LogP contribution in [0.2, 0.25) is 0 Å². The minimum atomic E-state index is -0.439. The standard InChI is InChI=1S/C29H30N4O6/c1-20-7-9-25(39-20)17-32(15-22-8-10-26-27(13-22)38-19-37-26)28(34)18-33(16-24-6-3-11-36-24)29(35)31-23-5-2-4-21(12-23)14-30/h2,4-5,7-10,12-13,24H,3,6,11,15-19H2,1H3,(H,31,35)/t24-/m0/s1. The number of aryl methyl sites for hydroxylation is 1. The Bertz CT molecular complexity index is 1370. The number of nitriles is 1. The number of fused-ring (bicyclic) bond motifs is 1. The van der Waals surface area contributed by atoms with Crippen molar-refractivity contribution in [1.29, 1.82) is 5.26 Å². The molecule has 0 radical (unpaired) electrons. The summed E-state index contributed by atoms with van der Waals surface area (Å²) in [5, 5.41) is 12.0. The van der Waals surface area contributed by atoms with E-state index in [9.17, 15) is 14.9 Å². The van der Waals surface area contributed by atoms with E-state index in [1.165, 1.54) is 4.90 Å². The normalized spacial score (nSPS) is 15.5. The van der Waals surface area contributed by atoms with Gasteiger partial charge >= 0.3 is 6.03 Å². The summed E-state index contributed by atoms with van der Waals surface area (Å²) >= 11 is 0. The number of rotatable bonds is 9. The Balaban J connectivity index is 1.35. The van der Waals surface area contributed by atoms with Gasteiger partial charge in [-0.3, -0.25) is 4.79 Å². The van der Waals surface area contributed by atoms with E-state index < -0.39 is 6.03 Å². The zero-order valence-electron chi connectivity index (χ0n) is 21.7. The zero-order chi connectivity index (χ0) is 27.2. The fraction of sp³-hybridized carbons (Fsp3) is 0.345. The van der Waals surface area contributed by atoms with Crippen LogP contribution in [0.4, 0.5) is 10.5 Å². The number of benzene rings is 2. The summed E-state index contributed by atoms with van der Waals surface area (Å²) in [5.41, 5.74) is 1.77. The van der Waals surface area contributed by atoms with Gasteiger partial charge in [0.1, 0.15) is 18.1 Å². The second kappa shape index (κ2) is 11.9. The van der Waals surface area contributed by atoms with Crippen molar-refractivity contribution in [3.8, 4) is 17.6 Å². The minimum Gasteiger partial charge on any atom is -0.464 e. The number of carbonyl (C=O) groups is 2. The highest BCUT2D eigenvalue weighted by Crippen LogP contribution is 2.33. The first kappa shape index (κ1) is 26.1. The smallest absolute Gasteiger partial charge is 0.322 e. The number of anilines is 1. The van der Waals surface area contributed by atoms with Crippen LogP contribution in [0.15, 0.2) is 59.0 Å². The van der Waals surface area contributed by atoms with Crippen LogP contribution in [-0.4, -0.2) is 54.3 Å². The lowest BCUT2D eigenvalue weighted by Crippen LogP contribution is -2.46. The van der Waals surface area contributed by atoms with Crippen molar-refractivity contribution in [2.75, 3.05) is 31.8 Å². The van der Waals surface area contributed by atoms with Gasteiger partial charge in [0.2, 0.25) is 12.7 Å². The lowest BCUT2D eigenvalue weighted by atomic mass is 10.1. The van der Waals surface area contributed by atoms with Gasteiger partial charge in [0.15, 0.2) is 11.5 Å². The summed E-state index contributed by atoms with van der Waals surface area (Å²) in [6, 6.07) is 17.5. The number of nitrogens with zero attached hydrogens (tertiary/aromatic N) is 3. The van der Waals surface area contributed by atoms with Crippen molar-refractivity contribution in [2.24, 2.45) is 0 Å². The van der Waals surface area contributed by atoms with E-state index in [0.717, 1.165) is 24.2 Å². The Hall–Kier alpha value is -4.49. The van der Waals surface area contributed by atoms with Gasteiger partial charge in [-0.25, -0.2) is 4.79 Å². The summed E-state index contributed by atoms with van der Waals surface area (Å²) in [5.74, 6) is 2.44. The second-order valence-electron chi connectivity index (χ2n) is 9.59. The zero-order valence-corrected chi connectivity index (χ0v) is 21.7. The highest BCUT2D eigenvalue weighted by atomic mass is 16.7. The molecule has 3 aromatic rings. The van der Waals surface area contributed by atoms with Gasteiger partial charge in [-0.2, -0.15) is 5.26 Å². The Morgan fingerprint density at radius 2 is 1.92 bits per heavy atom. The molecule has 1 saturated heterocycles. The van der Waals surface area contributed by atoms with E-state index in [2.05, 4.69) is 11.4 Å². The highest BCUT2D eigenvalue weighted by Gasteiger charge is 2.27. The van der Waals surface area contributed by atoms with Crippen LogP contribution < -0.4 is 14.8 Å². The van der Waals surface area contributed by atoms with Crippen molar-refractivity contribution in [2.45, 2.75) is 39.0 Å². The number of hydrogen-bond donors (Lipinski definition) is 1. The third kappa shape index (κ3) is 6.69. The number of amides is 3. The first-order chi connectivity index (χ1) is 19.0. The monoisotopic (exact) mass is 530 g/mol. The second-order valence-corrected chi connectivity index (χ2v) is 9.59. The van der Waals surface area contributed by atoms with E-state index >= 15 is 0 Å². The van der Waals surface area contributed by atoms with Crippen LogP contribution in [0.25, 0.3) is 0 Å². The van der Waals surface area contributed by atoms with E-state index in [-0.39, 0.29) is 45.0 Å². The Labute approximate surface area is 226 Å². The number of furan rings is 1. The third-order valence-corrected chi connectivity index (χ3v) is 6.61. The lowest BCUT2D eigenvalue weighted by molar-refractivity contribution is -0.133. The summed E-state index contributed by atoms with van der Waals surface area (Å²) in [4.78, 5) is 30.2. The molecular weight excluding hydrogens is 500 g/mol. The topological polar surface area (TPSA) is 117 Å². The van der Waals surface area contributed by atoms with E-state index in [1.807, 2.05) is 37.3 Å². The molecule has 1 atom stereocenters. The average molecular weight is 531 g/mol. The molecule has 3 heterocycles. The largest absolute Gasteiger partial charge is 0.464 e. The molecule has 2 aromatic carbocycles. The van der Waals surface area contributed by atoms with Crippen LogP contribution >= 0.6 is 0 Å². The fourth-order valence-corrected chi connectivity index (χ4v) is 4.64. The number of hydrogen-bond acceptors (Lipinski definition) is 7. The Kier molecular flexibility index (Phi) is 7.99. The molecule has 1 fully saturated rings. The molecule has 1 N–H and O–H groups in total. The SMILES string of the molecule is Cc1ccc(CN(Cc2ccc3c(c2)OCO3)C(=O)CN(C[C@@H]2CCCO2)C(=O)Nc2cccc(C#N)c2)o1. The van der Waals surface area contributed by atoms with Crippen LogP contribution in [0.5, 0.6) is 11.5 Å². The molecule has 10 nitrogen and oxygen atoms in total. The Morgan fingerprint density at radius 3 is 2.69 bits per heavy atom. The fourth-order valence-electron chi connectivity index (χ4n) is 4.64. The summed E-state index contributed by atoms with van der Waals surface area (Å²) in [6.45, 7) is 3.28. The molecule has 2 aliphatic rings. The summed E-state index contributed by atoms with van der Waals surface area (Å²) in [7, 11) is 0.